The van der Waals surface area contributed by atoms with Gasteiger partial charge in [-0.2, -0.15) is 0 Å². The lowest BCUT2D eigenvalue weighted by molar-refractivity contribution is -0.140. The van der Waals surface area contributed by atoms with Gasteiger partial charge in [-0.05, 0) is 48.6 Å². The first-order valence-corrected chi connectivity index (χ1v) is 13.3. The van der Waals surface area contributed by atoms with Crippen LogP contribution in [-0.2, 0) is 21.2 Å². The number of nitrogens with zero attached hydrogens (tertiary/aromatic N) is 2. The van der Waals surface area contributed by atoms with Crippen LogP contribution in [0, 0.1) is 0 Å². The van der Waals surface area contributed by atoms with Crippen molar-refractivity contribution in [1.29, 1.82) is 0 Å². The van der Waals surface area contributed by atoms with Crippen molar-refractivity contribution in [2.24, 2.45) is 0 Å². The van der Waals surface area contributed by atoms with Crippen LogP contribution in [0.2, 0.25) is 0 Å². The summed E-state index contributed by atoms with van der Waals surface area (Å²) in [7, 11) is -1.74. The minimum Gasteiger partial charge on any atom is -0.480 e. The van der Waals surface area contributed by atoms with Gasteiger partial charge in [0.25, 0.3) is 5.91 Å². The van der Waals surface area contributed by atoms with Gasteiger partial charge in [-0.1, -0.05) is 37.3 Å². The summed E-state index contributed by atoms with van der Waals surface area (Å²) < 4.78 is 33.2. The van der Waals surface area contributed by atoms with Crippen LogP contribution in [0.5, 0.6) is 5.75 Å². The van der Waals surface area contributed by atoms with E-state index >= 15 is 0 Å². The van der Waals surface area contributed by atoms with Gasteiger partial charge in [0.05, 0.1) is 17.0 Å². The number of hydrogen-bond acceptors (Lipinski definition) is 6. The number of fused-ring (bicyclic) bond motifs is 1. The van der Waals surface area contributed by atoms with Crippen LogP contribution in [0.15, 0.2) is 53.4 Å². The molecule has 3 atom stereocenters. The van der Waals surface area contributed by atoms with Crippen LogP contribution >= 0.6 is 0 Å². The molecule has 0 aromatic heterocycles. The molecule has 2 aromatic rings. The van der Waals surface area contributed by atoms with Gasteiger partial charge in [-0.3, -0.25) is 9.69 Å². The zero-order chi connectivity index (χ0) is 24.3. The summed E-state index contributed by atoms with van der Waals surface area (Å²) in [5, 5.41) is 9.94. The zero-order valence-electron chi connectivity index (χ0n) is 19.7. The van der Waals surface area contributed by atoms with Crippen LogP contribution in [-0.4, -0.2) is 74.7 Å². The highest BCUT2D eigenvalue weighted by Crippen LogP contribution is 2.32. The quantitative estimate of drug-likeness (QED) is 0.591. The number of rotatable bonds is 8. The van der Waals surface area contributed by atoms with Crippen molar-refractivity contribution >= 4 is 15.9 Å². The largest absolute Gasteiger partial charge is 0.480 e. The number of amides is 1. The molecule has 0 unspecified atom stereocenters. The van der Waals surface area contributed by atoms with E-state index in [0.29, 0.717) is 38.2 Å². The first-order valence-electron chi connectivity index (χ1n) is 11.8. The maximum atomic E-state index is 13.5. The second-order valence-corrected chi connectivity index (χ2v) is 10.8. The number of aliphatic hydroxyl groups excluding tert-OH is 1. The summed E-state index contributed by atoms with van der Waals surface area (Å²) in [5.41, 5.74) is 1.82. The van der Waals surface area contributed by atoms with E-state index in [2.05, 4.69) is 9.62 Å². The lowest BCUT2D eigenvalue weighted by atomic mass is 10.00. The third-order valence-electron chi connectivity index (χ3n) is 6.58. The Kier molecular flexibility index (Phi) is 7.57. The highest BCUT2D eigenvalue weighted by molar-refractivity contribution is 7.89. The molecule has 2 N–H and O–H groups in total. The van der Waals surface area contributed by atoms with E-state index < -0.39 is 16.1 Å². The average Bonchev–Trinajstić information content (AvgIpc) is 3.26. The summed E-state index contributed by atoms with van der Waals surface area (Å²) in [6.07, 6.45) is 0.822. The number of likely N-dealkylation sites (N-methyl/N-ethyl adjacent to an activating group) is 1. The summed E-state index contributed by atoms with van der Waals surface area (Å²) in [6.45, 7) is 4.10. The molecular weight excluding hydrogens is 454 g/mol. The Morgan fingerprint density at radius 3 is 2.68 bits per heavy atom. The molecule has 1 amide bonds. The summed E-state index contributed by atoms with van der Waals surface area (Å²) in [6, 6.07) is 14.5. The second kappa shape index (κ2) is 10.4. The summed E-state index contributed by atoms with van der Waals surface area (Å²) >= 11 is 0. The van der Waals surface area contributed by atoms with Gasteiger partial charge in [-0.25, -0.2) is 13.1 Å². The van der Waals surface area contributed by atoms with Crippen LogP contribution in [0.25, 0.3) is 0 Å². The van der Waals surface area contributed by atoms with Gasteiger partial charge in [0.15, 0.2) is 6.10 Å². The van der Waals surface area contributed by atoms with Gasteiger partial charge in [0.2, 0.25) is 10.0 Å². The fourth-order valence-electron chi connectivity index (χ4n) is 4.71. The maximum absolute atomic E-state index is 13.5. The van der Waals surface area contributed by atoms with Gasteiger partial charge in [0, 0.05) is 33.2 Å². The molecule has 1 fully saturated rings. The monoisotopic (exact) mass is 487 g/mol. The number of carbonyl (C=O) groups is 1. The molecule has 0 bridgehead atoms. The van der Waals surface area contributed by atoms with Crippen molar-refractivity contribution in [3.8, 4) is 5.75 Å². The van der Waals surface area contributed by atoms with E-state index in [1.54, 1.807) is 31.0 Å². The maximum Gasteiger partial charge on any atom is 0.263 e. The first kappa shape index (κ1) is 24.7. The zero-order valence-corrected chi connectivity index (χ0v) is 20.5. The smallest absolute Gasteiger partial charge is 0.263 e. The first-order chi connectivity index (χ1) is 16.3. The number of carbonyl (C=O) groups excluding carboxylic acids is 1. The molecule has 2 heterocycles. The summed E-state index contributed by atoms with van der Waals surface area (Å²) in [4.78, 5) is 17.6. The highest BCUT2D eigenvalue weighted by atomic mass is 32.2. The number of aliphatic hydroxyl groups is 1. The molecule has 0 spiro atoms. The number of benzene rings is 2. The van der Waals surface area contributed by atoms with Crippen molar-refractivity contribution in [3.05, 3.63) is 59.7 Å². The van der Waals surface area contributed by atoms with E-state index in [9.17, 15) is 18.3 Å². The number of ether oxygens (including phenoxy) is 1. The Balaban J connectivity index is 1.50. The lowest BCUT2D eigenvalue weighted by Crippen LogP contribution is -2.46. The van der Waals surface area contributed by atoms with Crippen molar-refractivity contribution in [3.63, 3.8) is 0 Å². The third-order valence-corrected chi connectivity index (χ3v) is 8.12. The molecule has 4 rings (SSSR count). The number of β-amino-alcohol motifs (C(OH)–C–C–N with tert-alkyl or cyclic N) is 1. The minimum atomic E-state index is -3.55. The minimum absolute atomic E-state index is 0.108. The molecule has 2 aliphatic rings. The predicted molar refractivity (Wildman–Crippen MR) is 129 cm³/mol. The molecule has 0 radical (unpaired) electrons. The number of hydrogen-bond donors (Lipinski definition) is 2. The molecule has 2 aromatic carbocycles. The number of nitrogens with one attached hydrogen (secondary N) is 1. The molecule has 0 aliphatic carbocycles. The Hall–Kier alpha value is -2.46. The molecule has 184 valence electrons. The van der Waals surface area contributed by atoms with Gasteiger partial charge >= 0.3 is 0 Å². The third kappa shape index (κ3) is 5.43. The topological polar surface area (TPSA) is 99.2 Å². The van der Waals surface area contributed by atoms with E-state index in [1.165, 1.54) is 6.07 Å². The fraction of sp³-hybridized carbons (Fsp3) is 0.480. The van der Waals surface area contributed by atoms with E-state index in [-0.39, 0.29) is 22.9 Å². The Bertz CT molecular complexity index is 1110. The van der Waals surface area contributed by atoms with E-state index in [1.807, 2.05) is 30.3 Å². The Morgan fingerprint density at radius 1 is 1.24 bits per heavy atom. The highest BCUT2D eigenvalue weighted by Gasteiger charge is 2.34. The standard InChI is InChI=1S/C25H33N3O5S/c1-3-26-34(31,32)21-10-12-23-19(15-21)9-11-24(33-23)25(30)27(2)22(18-7-5-4-6-8-18)17-28-14-13-20(29)16-28/h4-8,10,12,15,20,22,24,26,29H,3,9,11,13-14,16-17H2,1-2H3/t20-,22+,24+/m0/s1. The number of sulfonamides is 1. The average molecular weight is 488 g/mol. The predicted octanol–water partition coefficient (Wildman–Crippen LogP) is 1.94. The molecule has 34 heavy (non-hydrogen) atoms. The molecule has 8 nitrogen and oxygen atoms in total. The number of likely N-dealkylation sites (tertiary alicyclic amines) is 1. The Morgan fingerprint density at radius 2 is 2.00 bits per heavy atom. The SMILES string of the molecule is CCNS(=O)(=O)c1ccc2c(c1)CC[C@H](C(=O)N(C)[C@H](CN1CC[C@H](O)C1)c1ccccc1)O2. The van der Waals surface area contributed by atoms with Crippen molar-refractivity contribution in [2.45, 2.75) is 49.3 Å². The van der Waals surface area contributed by atoms with E-state index in [0.717, 1.165) is 24.1 Å². The van der Waals surface area contributed by atoms with Crippen LogP contribution in [0.3, 0.4) is 0 Å². The van der Waals surface area contributed by atoms with E-state index in [4.69, 9.17) is 4.74 Å². The molecule has 0 saturated carbocycles. The van der Waals surface area contributed by atoms with Gasteiger partial charge in [0.1, 0.15) is 5.75 Å². The fourth-order valence-corrected chi connectivity index (χ4v) is 5.80. The summed E-state index contributed by atoms with van der Waals surface area (Å²) in [5.74, 6) is 0.441. The molecule has 9 heteroatoms. The Labute approximate surface area is 201 Å². The van der Waals surface area contributed by atoms with Crippen LogP contribution in [0.4, 0.5) is 0 Å². The number of aryl methyl sites for hydroxylation is 1. The van der Waals surface area contributed by atoms with Crippen LogP contribution < -0.4 is 9.46 Å². The molecule has 1 saturated heterocycles. The van der Waals surface area contributed by atoms with Crippen molar-refractivity contribution in [1.82, 2.24) is 14.5 Å². The lowest BCUT2D eigenvalue weighted by Gasteiger charge is -2.35. The van der Waals surface area contributed by atoms with Crippen LogP contribution in [0.1, 0.15) is 36.9 Å². The molecular formula is C25H33N3O5S. The second-order valence-electron chi connectivity index (χ2n) is 8.99. The van der Waals surface area contributed by atoms with Crippen molar-refractivity contribution in [2.75, 3.05) is 33.2 Å². The van der Waals surface area contributed by atoms with Gasteiger partial charge < -0.3 is 14.7 Å². The molecule has 2 aliphatic heterocycles. The normalized spacial score (nSPS) is 21.5. The van der Waals surface area contributed by atoms with Crippen molar-refractivity contribution < 1.29 is 23.1 Å². The van der Waals surface area contributed by atoms with Gasteiger partial charge in [-0.15, -0.1) is 0 Å².